The monoisotopic (exact) mass is 1240 g/mol. The zero-order valence-corrected chi connectivity index (χ0v) is 56.3. The van der Waals surface area contributed by atoms with Crippen molar-refractivity contribution in [3.05, 3.63) is 0 Å². The Balaban J connectivity index is 5.26. The van der Waals surface area contributed by atoms with E-state index >= 15 is 0 Å². The van der Waals surface area contributed by atoms with Crippen LogP contribution in [-0.2, 0) is 65.4 Å². The minimum atomic E-state index is -4.95. The summed E-state index contributed by atoms with van der Waals surface area (Å²) in [5.74, 6) is 0.781. The van der Waals surface area contributed by atoms with Gasteiger partial charge in [-0.3, -0.25) is 37.3 Å². The lowest BCUT2D eigenvalue weighted by Gasteiger charge is -2.21. The van der Waals surface area contributed by atoms with Crippen LogP contribution in [0.4, 0.5) is 0 Å². The van der Waals surface area contributed by atoms with Gasteiger partial charge in [0, 0.05) is 25.7 Å². The van der Waals surface area contributed by atoms with Crippen LogP contribution in [-0.4, -0.2) is 96.7 Å². The molecule has 0 heterocycles. The summed E-state index contributed by atoms with van der Waals surface area (Å²) in [7, 11) is -9.89. The van der Waals surface area contributed by atoms with Crippen molar-refractivity contribution in [1.29, 1.82) is 0 Å². The quantitative estimate of drug-likeness (QED) is 0.0222. The lowest BCUT2D eigenvalue weighted by atomic mass is 10.00. The highest BCUT2D eigenvalue weighted by Gasteiger charge is 2.30. The lowest BCUT2D eigenvalue weighted by molar-refractivity contribution is -0.161. The zero-order chi connectivity index (χ0) is 62.5. The summed E-state index contributed by atoms with van der Waals surface area (Å²) in [6.45, 7) is 14.0. The van der Waals surface area contributed by atoms with Crippen LogP contribution in [0.2, 0.25) is 0 Å². The average molecular weight is 1240 g/mol. The van der Waals surface area contributed by atoms with Crippen molar-refractivity contribution in [3.8, 4) is 0 Å². The van der Waals surface area contributed by atoms with Crippen LogP contribution >= 0.6 is 15.6 Å². The molecule has 3 N–H and O–H groups in total. The number of aliphatic hydroxyl groups excluding tert-OH is 1. The van der Waals surface area contributed by atoms with E-state index in [-0.39, 0.29) is 25.7 Å². The molecule has 498 valence electrons. The van der Waals surface area contributed by atoms with E-state index in [1.165, 1.54) is 103 Å². The number of carbonyl (C=O) groups excluding carboxylic acids is 4. The fraction of sp³-hybridized carbons (Fsp3) is 0.938. The van der Waals surface area contributed by atoms with Gasteiger partial charge in [-0.25, -0.2) is 9.13 Å². The van der Waals surface area contributed by atoms with Crippen LogP contribution in [0, 0.1) is 23.7 Å². The standard InChI is InChI=1S/C65H126O17P2/c1-9-57(7)43-35-27-21-23-30-38-46-63(68)76-52-60(81-64(69)47-39-31-19-15-13-11-12-14-17-25-33-41-55(3)4)53-79-83(71,72)77-49-59(66)50-78-84(73,74)80-54-61(82-65(70)48-40-32-24-22-28-36-44-58(8)10-2)51-75-62(67)45-37-29-20-16-18-26-34-42-56(5)6/h55-61,66H,9-54H2,1-8H3,(H,71,72)(H,73,74)/t57?,58?,59?,60-,61-/m1/s1. The molecule has 0 bridgehead atoms. The van der Waals surface area contributed by atoms with Gasteiger partial charge in [0.25, 0.3) is 0 Å². The van der Waals surface area contributed by atoms with Crippen LogP contribution in [0.15, 0.2) is 0 Å². The van der Waals surface area contributed by atoms with Gasteiger partial charge in [0.05, 0.1) is 26.4 Å². The summed E-state index contributed by atoms with van der Waals surface area (Å²) in [6.07, 6.45) is 35.0. The average Bonchev–Trinajstić information content (AvgIpc) is 3.53. The van der Waals surface area contributed by atoms with E-state index in [2.05, 4.69) is 55.4 Å². The van der Waals surface area contributed by atoms with E-state index < -0.39 is 97.5 Å². The van der Waals surface area contributed by atoms with Gasteiger partial charge in [-0.15, -0.1) is 0 Å². The molecule has 17 nitrogen and oxygen atoms in total. The van der Waals surface area contributed by atoms with Gasteiger partial charge in [-0.2, -0.15) is 0 Å². The Kier molecular flexibility index (Phi) is 53.9. The summed E-state index contributed by atoms with van der Waals surface area (Å²) >= 11 is 0. The minimum Gasteiger partial charge on any atom is -0.462 e. The van der Waals surface area contributed by atoms with Gasteiger partial charge < -0.3 is 33.8 Å². The first-order valence-corrected chi connectivity index (χ1v) is 36.8. The highest BCUT2D eigenvalue weighted by Crippen LogP contribution is 2.45. The highest BCUT2D eigenvalue weighted by atomic mass is 31.2. The largest absolute Gasteiger partial charge is 0.472 e. The van der Waals surface area contributed by atoms with E-state index in [1.807, 2.05) is 0 Å². The molecule has 0 aromatic carbocycles. The van der Waals surface area contributed by atoms with Gasteiger partial charge in [-0.1, -0.05) is 261 Å². The molecule has 0 aromatic heterocycles. The number of esters is 4. The minimum absolute atomic E-state index is 0.101. The first-order chi connectivity index (χ1) is 40.2. The molecule has 0 saturated heterocycles. The second kappa shape index (κ2) is 55.2. The lowest BCUT2D eigenvalue weighted by Crippen LogP contribution is -2.30. The van der Waals surface area contributed by atoms with E-state index in [9.17, 15) is 43.2 Å². The molecule has 0 fully saturated rings. The van der Waals surface area contributed by atoms with Crippen molar-refractivity contribution in [2.24, 2.45) is 23.7 Å². The molecule has 7 atom stereocenters. The number of unbranched alkanes of at least 4 members (excludes halogenated alkanes) is 26. The van der Waals surface area contributed by atoms with Crippen molar-refractivity contribution in [3.63, 3.8) is 0 Å². The normalized spacial score (nSPS) is 15.1. The Labute approximate surface area is 511 Å². The maximum atomic E-state index is 13.0. The zero-order valence-electron chi connectivity index (χ0n) is 54.5. The summed E-state index contributed by atoms with van der Waals surface area (Å²) < 4.78 is 68.0. The van der Waals surface area contributed by atoms with Gasteiger partial charge in [-0.05, 0) is 49.4 Å². The maximum absolute atomic E-state index is 13.0. The number of phosphoric ester groups is 2. The van der Waals surface area contributed by atoms with Crippen molar-refractivity contribution in [1.82, 2.24) is 0 Å². The Hall–Kier alpha value is -1.94. The molecule has 0 aliphatic carbocycles. The van der Waals surface area contributed by atoms with Crippen molar-refractivity contribution in [2.75, 3.05) is 39.6 Å². The molecular formula is C65H126O17P2. The fourth-order valence-electron chi connectivity index (χ4n) is 9.54. The Morgan fingerprint density at radius 1 is 0.333 bits per heavy atom. The van der Waals surface area contributed by atoms with E-state index in [0.29, 0.717) is 31.6 Å². The summed E-state index contributed by atoms with van der Waals surface area (Å²) in [4.78, 5) is 72.2. The van der Waals surface area contributed by atoms with Crippen molar-refractivity contribution in [2.45, 2.75) is 331 Å². The first kappa shape index (κ1) is 82.1. The molecule has 0 radical (unpaired) electrons. The van der Waals surface area contributed by atoms with E-state index in [4.69, 9.17) is 37.0 Å². The number of rotatable bonds is 62. The van der Waals surface area contributed by atoms with Crippen LogP contribution in [0.1, 0.15) is 312 Å². The molecule has 19 heteroatoms. The third-order valence-electron chi connectivity index (χ3n) is 15.5. The maximum Gasteiger partial charge on any atom is 0.472 e. The second-order valence-electron chi connectivity index (χ2n) is 24.9. The SMILES string of the molecule is CCC(C)CCCCCCCCC(=O)OC[C@H](COP(=O)(O)OCC(O)COP(=O)(O)OC[C@@H](COC(=O)CCCCCCCCCC(C)C)OC(=O)CCCCCCCCC(C)CC)OC(=O)CCCCCCCCCCCCCC(C)C. The molecule has 0 rings (SSSR count). The van der Waals surface area contributed by atoms with Crippen LogP contribution in [0.25, 0.3) is 0 Å². The second-order valence-corrected chi connectivity index (χ2v) is 27.8. The molecule has 0 aliphatic rings. The topological polar surface area (TPSA) is 237 Å². The number of phosphoric acid groups is 2. The van der Waals surface area contributed by atoms with Crippen LogP contribution in [0.5, 0.6) is 0 Å². The van der Waals surface area contributed by atoms with Gasteiger partial charge in [0.2, 0.25) is 0 Å². The number of carbonyl (C=O) groups is 4. The van der Waals surface area contributed by atoms with Crippen molar-refractivity contribution >= 4 is 39.5 Å². The predicted molar refractivity (Wildman–Crippen MR) is 335 cm³/mol. The van der Waals surface area contributed by atoms with E-state index in [0.717, 1.165) is 120 Å². The van der Waals surface area contributed by atoms with Gasteiger partial charge >= 0.3 is 39.5 Å². The molecular weight excluding hydrogens is 1110 g/mol. The van der Waals surface area contributed by atoms with Crippen LogP contribution in [0.3, 0.4) is 0 Å². The molecule has 5 unspecified atom stereocenters. The third kappa shape index (κ3) is 56.6. The third-order valence-corrected chi connectivity index (χ3v) is 17.4. The molecule has 0 saturated carbocycles. The van der Waals surface area contributed by atoms with Crippen LogP contribution < -0.4 is 0 Å². The molecule has 0 spiro atoms. The summed E-state index contributed by atoms with van der Waals surface area (Å²) in [6, 6.07) is 0. The molecule has 0 aliphatic heterocycles. The van der Waals surface area contributed by atoms with Gasteiger partial charge in [0.1, 0.15) is 19.3 Å². The molecule has 84 heavy (non-hydrogen) atoms. The Morgan fingerprint density at radius 3 is 0.845 bits per heavy atom. The van der Waals surface area contributed by atoms with E-state index in [1.54, 1.807) is 0 Å². The number of hydrogen-bond donors (Lipinski definition) is 3. The Morgan fingerprint density at radius 2 is 0.571 bits per heavy atom. The number of aliphatic hydroxyl groups is 1. The summed E-state index contributed by atoms with van der Waals surface area (Å²) in [5.41, 5.74) is 0. The predicted octanol–water partition coefficient (Wildman–Crippen LogP) is 17.8. The number of hydrogen-bond acceptors (Lipinski definition) is 15. The smallest absolute Gasteiger partial charge is 0.462 e. The molecule has 0 aromatic rings. The van der Waals surface area contributed by atoms with Gasteiger partial charge in [0.15, 0.2) is 12.2 Å². The first-order valence-electron chi connectivity index (χ1n) is 33.8. The highest BCUT2D eigenvalue weighted by molar-refractivity contribution is 7.47. The van der Waals surface area contributed by atoms with Crippen molar-refractivity contribution < 1.29 is 80.2 Å². The summed E-state index contributed by atoms with van der Waals surface area (Å²) in [5, 5.41) is 10.5. The molecule has 0 amide bonds. The Bertz CT molecular complexity index is 1680. The number of ether oxygens (including phenoxy) is 4. The fourth-order valence-corrected chi connectivity index (χ4v) is 11.1.